The van der Waals surface area contributed by atoms with E-state index in [0.717, 1.165) is 28.2 Å². The number of anilines is 3. The monoisotopic (exact) mass is 729 g/mol. The third-order valence-electron chi connectivity index (χ3n) is 12.0. The Balaban J connectivity index is 1.01. The van der Waals surface area contributed by atoms with E-state index in [1.807, 2.05) is 6.07 Å². The van der Waals surface area contributed by atoms with Crippen molar-refractivity contribution >= 4 is 49.8 Å². The average Bonchev–Trinajstić information content (AvgIpc) is 3.74. The maximum atomic E-state index is 6.36. The van der Waals surface area contributed by atoms with E-state index in [2.05, 4.69) is 213 Å². The van der Waals surface area contributed by atoms with E-state index in [-0.39, 0.29) is 5.41 Å². The zero-order valence-electron chi connectivity index (χ0n) is 31.9. The van der Waals surface area contributed by atoms with Crippen LogP contribution in [0.25, 0.3) is 77.2 Å². The smallest absolute Gasteiger partial charge is 0.136 e. The van der Waals surface area contributed by atoms with E-state index in [4.69, 9.17) is 4.42 Å². The molecule has 1 aromatic heterocycles. The summed E-state index contributed by atoms with van der Waals surface area (Å²) in [5.41, 5.74) is 17.5. The van der Waals surface area contributed by atoms with Gasteiger partial charge in [0.05, 0.1) is 0 Å². The summed E-state index contributed by atoms with van der Waals surface area (Å²) >= 11 is 0. The predicted molar refractivity (Wildman–Crippen MR) is 240 cm³/mol. The zero-order chi connectivity index (χ0) is 38.1. The minimum Gasteiger partial charge on any atom is -0.456 e. The molecule has 0 aliphatic heterocycles. The minimum atomic E-state index is -0.116. The first-order chi connectivity index (χ1) is 28.0. The molecule has 0 bridgehead atoms. The van der Waals surface area contributed by atoms with E-state index in [1.165, 1.54) is 77.2 Å². The molecule has 0 fully saturated rings. The van der Waals surface area contributed by atoms with E-state index in [1.54, 1.807) is 0 Å². The highest BCUT2D eigenvalue weighted by Crippen LogP contribution is 2.52. The number of hydrogen-bond acceptors (Lipinski definition) is 2. The highest BCUT2D eigenvalue weighted by atomic mass is 16.3. The summed E-state index contributed by atoms with van der Waals surface area (Å²) in [6.07, 6.45) is 0. The molecule has 0 N–H and O–H groups in total. The summed E-state index contributed by atoms with van der Waals surface area (Å²) in [7, 11) is 0. The second kappa shape index (κ2) is 13.0. The van der Waals surface area contributed by atoms with E-state index < -0.39 is 0 Å². The Morgan fingerprint density at radius 2 is 0.947 bits per heavy atom. The van der Waals surface area contributed by atoms with Crippen molar-refractivity contribution in [3.63, 3.8) is 0 Å². The lowest BCUT2D eigenvalue weighted by molar-refractivity contribution is 0.658. The molecule has 10 aromatic rings. The topological polar surface area (TPSA) is 16.4 Å². The molecule has 0 unspecified atom stereocenters. The molecule has 2 heteroatoms. The molecule has 270 valence electrons. The average molecular weight is 730 g/mol. The number of fused-ring (bicyclic) bond motifs is 7. The molecule has 0 radical (unpaired) electrons. The highest BCUT2D eigenvalue weighted by Gasteiger charge is 2.36. The van der Waals surface area contributed by atoms with Crippen LogP contribution in [-0.4, -0.2) is 0 Å². The number of hydrogen-bond donors (Lipinski definition) is 0. The molecular formula is C55H39NO. The van der Waals surface area contributed by atoms with Crippen molar-refractivity contribution in [2.24, 2.45) is 0 Å². The summed E-state index contributed by atoms with van der Waals surface area (Å²) in [5.74, 6) is 0. The lowest BCUT2D eigenvalue weighted by Crippen LogP contribution is -2.14. The Bertz CT molecular complexity index is 3150. The highest BCUT2D eigenvalue weighted by molar-refractivity contribution is 6.07. The van der Waals surface area contributed by atoms with Crippen LogP contribution in [0.4, 0.5) is 17.1 Å². The fourth-order valence-electron chi connectivity index (χ4n) is 9.14. The summed E-state index contributed by atoms with van der Waals surface area (Å²) in [6, 6.07) is 72.7. The molecule has 1 heterocycles. The number of benzene rings is 9. The van der Waals surface area contributed by atoms with Crippen LogP contribution in [0, 0.1) is 0 Å². The molecule has 0 saturated carbocycles. The molecule has 0 atom stereocenters. The van der Waals surface area contributed by atoms with Crippen LogP contribution in [0.3, 0.4) is 0 Å². The molecule has 2 nitrogen and oxygen atoms in total. The van der Waals surface area contributed by atoms with Crippen LogP contribution in [0.5, 0.6) is 0 Å². The van der Waals surface area contributed by atoms with Crippen molar-refractivity contribution in [3.05, 3.63) is 211 Å². The van der Waals surface area contributed by atoms with Gasteiger partial charge in [0.1, 0.15) is 11.2 Å². The SMILES string of the molecule is CC1(C)c2ccc(-c3ccc(N(c4cccc(-c5ccccc5)c4)c4cccc(-c5cccc6ccccc56)c4)cc3)cc2-c2cc3oc4ccccc4c3cc21. The molecule has 9 aromatic carbocycles. The fourth-order valence-corrected chi connectivity index (χ4v) is 9.14. The minimum absolute atomic E-state index is 0.116. The number of furan rings is 1. The van der Waals surface area contributed by atoms with Gasteiger partial charge >= 0.3 is 0 Å². The van der Waals surface area contributed by atoms with Crippen molar-refractivity contribution in [2.45, 2.75) is 19.3 Å². The molecule has 1 aliphatic rings. The molecule has 11 rings (SSSR count). The van der Waals surface area contributed by atoms with E-state index >= 15 is 0 Å². The fraction of sp³-hybridized carbons (Fsp3) is 0.0545. The van der Waals surface area contributed by atoms with Gasteiger partial charge in [-0.05, 0) is 127 Å². The van der Waals surface area contributed by atoms with Crippen LogP contribution in [0.15, 0.2) is 205 Å². The Morgan fingerprint density at radius 3 is 1.77 bits per heavy atom. The molecule has 0 amide bonds. The molecule has 0 spiro atoms. The lowest BCUT2D eigenvalue weighted by atomic mass is 9.82. The van der Waals surface area contributed by atoms with Crippen molar-refractivity contribution in [1.29, 1.82) is 0 Å². The van der Waals surface area contributed by atoms with Crippen LogP contribution in [0.1, 0.15) is 25.0 Å². The third-order valence-corrected chi connectivity index (χ3v) is 12.0. The van der Waals surface area contributed by atoms with E-state index in [9.17, 15) is 0 Å². The van der Waals surface area contributed by atoms with Gasteiger partial charge in [0, 0.05) is 33.2 Å². The molecule has 1 aliphatic carbocycles. The van der Waals surface area contributed by atoms with E-state index in [0.29, 0.717) is 0 Å². The second-order valence-electron chi connectivity index (χ2n) is 15.8. The third kappa shape index (κ3) is 5.48. The summed E-state index contributed by atoms with van der Waals surface area (Å²) in [4.78, 5) is 2.38. The van der Waals surface area contributed by atoms with Crippen molar-refractivity contribution < 1.29 is 4.42 Å². The standard InChI is InChI=1S/C55H39NO/c1-55(2)51-30-27-40(33-48(51)49-35-54-50(34-52(49)55)47-22-8-9-24-53(47)57-54)37-25-28-42(29-26-37)56(43-19-10-17-39(31-43)36-13-4-3-5-14-36)44-20-11-18-41(32-44)46-23-12-16-38-15-6-7-21-45(38)46/h3-35H,1-2H3. The van der Waals surface area contributed by atoms with Crippen LogP contribution >= 0.6 is 0 Å². The van der Waals surface area contributed by atoms with Gasteiger partial charge < -0.3 is 9.32 Å². The van der Waals surface area contributed by atoms with Crippen LogP contribution in [-0.2, 0) is 5.41 Å². The quantitative estimate of drug-likeness (QED) is 0.169. The molecule has 0 saturated heterocycles. The number of rotatable bonds is 6. The van der Waals surface area contributed by atoms with Gasteiger partial charge in [-0.2, -0.15) is 0 Å². The predicted octanol–water partition coefficient (Wildman–Crippen LogP) is 15.5. The van der Waals surface area contributed by atoms with Gasteiger partial charge in [0.2, 0.25) is 0 Å². The van der Waals surface area contributed by atoms with Crippen molar-refractivity contribution in [1.82, 2.24) is 0 Å². The maximum Gasteiger partial charge on any atom is 0.136 e. The van der Waals surface area contributed by atoms with Gasteiger partial charge in [0.25, 0.3) is 0 Å². The largest absolute Gasteiger partial charge is 0.456 e. The normalized spacial score (nSPS) is 12.9. The van der Waals surface area contributed by atoms with Crippen LogP contribution < -0.4 is 4.90 Å². The second-order valence-corrected chi connectivity index (χ2v) is 15.8. The van der Waals surface area contributed by atoms with Gasteiger partial charge in [-0.1, -0.05) is 153 Å². The van der Waals surface area contributed by atoms with Gasteiger partial charge in [-0.25, -0.2) is 0 Å². The molecular weight excluding hydrogens is 691 g/mol. The first-order valence-corrected chi connectivity index (χ1v) is 19.7. The first kappa shape index (κ1) is 33.2. The van der Waals surface area contributed by atoms with Gasteiger partial charge in [-0.3, -0.25) is 0 Å². The van der Waals surface area contributed by atoms with Gasteiger partial charge in [0.15, 0.2) is 0 Å². The Hall–Kier alpha value is -7.16. The Kier molecular flexibility index (Phi) is 7.55. The summed E-state index contributed by atoms with van der Waals surface area (Å²) in [6.45, 7) is 4.69. The van der Waals surface area contributed by atoms with Gasteiger partial charge in [-0.15, -0.1) is 0 Å². The summed E-state index contributed by atoms with van der Waals surface area (Å²) in [5, 5.41) is 4.85. The molecule has 57 heavy (non-hydrogen) atoms. The first-order valence-electron chi connectivity index (χ1n) is 19.7. The number of nitrogens with zero attached hydrogens (tertiary/aromatic N) is 1. The lowest BCUT2D eigenvalue weighted by Gasteiger charge is -2.27. The number of para-hydroxylation sites is 1. The zero-order valence-corrected chi connectivity index (χ0v) is 31.9. The van der Waals surface area contributed by atoms with Crippen LogP contribution in [0.2, 0.25) is 0 Å². The Morgan fingerprint density at radius 1 is 0.351 bits per heavy atom. The Labute approximate surface area is 332 Å². The summed E-state index contributed by atoms with van der Waals surface area (Å²) < 4.78 is 6.36. The van der Waals surface area contributed by atoms with Crippen molar-refractivity contribution in [2.75, 3.05) is 4.90 Å². The maximum absolute atomic E-state index is 6.36. The van der Waals surface area contributed by atoms with Crippen molar-refractivity contribution in [3.8, 4) is 44.5 Å².